The van der Waals surface area contributed by atoms with E-state index in [9.17, 15) is 4.79 Å². The zero-order valence-electron chi connectivity index (χ0n) is 13.0. The second-order valence-electron chi connectivity index (χ2n) is 5.61. The fraction of sp³-hybridized carbons (Fsp3) is 0.529. The first-order chi connectivity index (χ1) is 10.2. The molecule has 1 N–H and O–H groups in total. The van der Waals surface area contributed by atoms with Crippen LogP contribution in [0.2, 0.25) is 0 Å². The lowest BCUT2D eigenvalue weighted by Gasteiger charge is -2.13. The van der Waals surface area contributed by atoms with Gasteiger partial charge in [-0.05, 0) is 44.9 Å². The van der Waals surface area contributed by atoms with Gasteiger partial charge in [0.15, 0.2) is 0 Å². The first-order valence-electron chi connectivity index (χ1n) is 7.90. The Balaban J connectivity index is 1.87. The minimum Gasteiger partial charge on any atom is -0.314 e. The maximum absolute atomic E-state index is 12.3. The molecule has 4 nitrogen and oxygen atoms in total. The molecule has 0 bridgehead atoms. The summed E-state index contributed by atoms with van der Waals surface area (Å²) < 4.78 is 1.73. The normalized spacial score (nSPS) is 12.7. The van der Waals surface area contributed by atoms with Crippen molar-refractivity contribution in [2.45, 2.75) is 52.1 Å². The fourth-order valence-electron chi connectivity index (χ4n) is 2.49. The van der Waals surface area contributed by atoms with Crippen LogP contribution in [-0.4, -0.2) is 22.1 Å². The number of nitrogens with one attached hydrogen (secondary N) is 1. The van der Waals surface area contributed by atoms with Gasteiger partial charge in [-0.25, -0.2) is 4.98 Å². The molecule has 1 unspecified atom stereocenters. The highest BCUT2D eigenvalue weighted by molar-refractivity contribution is 5.76. The zero-order chi connectivity index (χ0) is 15.1. The van der Waals surface area contributed by atoms with E-state index in [-0.39, 0.29) is 5.56 Å². The number of fused-ring (bicyclic) bond motifs is 1. The number of hydrogen-bond acceptors (Lipinski definition) is 3. The molecule has 0 fully saturated rings. The van der Waals surface area contributed by atoms with Gasteiger partial charge in [0.05, 0.1) is 17.2 Å². The first kappa shape index (κ1) is 15.7. The highest BCUT2D eigenvalue weighted by Crippen LogP contribution is 2.06. The lowest BCUT2D eigenvalue weighted by atomic mass is 10.1. The molecule has 2 aromatic rings. The minimum absolute atomic E-state index is 0.0674. The molecule has 0 saturated heterocycles. The maximum atomic E-state index is 12.3. The molecule has 2 rings (SSSR count). The maximum Gasteiger partial charge on any atom is 0.261 e. The van der Waals surface area contributed by atoms with Crippen molar-refractivity contribution in [2.24, 2.45) is 0 Å². The molecule has 0 aliphatic rings. The van der Waals surface area contributed by atoms with Crippen LogP contribution in [0, 0.1) is 0 Å². The standard InChI is InChI=1S/C17H25N3O/c1-3-11-18-14(2)8-6-7-12-20-13-19-16-10-5-4-9-15(16)17(20)21/h4-5,9-10,13-14,18H,3,6-8,11-12H2,1-2H3. The number of unbranched alkanes of at least 4 members (excludes halogenated alkanes) is 1. The molecule has 0 spiro atoms. The van der Waals surface area contributed by atoms with Gasteiger partial charge in [-0.1, -0.05) is 25.5 Å². The molecule has 1 atom stereocenters. The van der Waals surface area contributed by atoms with Crippen molar-refractivity contribution in [3.63, 3.8) is 0 Å². The SMILES string of the molecule is CCCNC(C)CCCCn1cnc2ccccc2c1=O. The summed E-state index contributed by atoms with van der Waals surface area (Å²) in [6.45, 7) is 6.23. The number of para-hydroxylation sites is 1. The number of rotatable bonds is 8. The largest absolute Gasteiger partial charge is 0.314 e. The molecule has 4 heteroatoms. The Bertz CT molecular complexity index is 621. The summed E-state index contributed by atoms with van der Waals surface area (Å²) in [5.41, 5.74) is 0.842. The Labute approximate surface area is 126 Å². The van der Waals surface area contributed by atoms with Gasteiger partial charge in [-0.15, -0.1) is 0 Å². The van der Waals surface area contributed by atoms with E-state index in [1.165, 1.54) is 6.42 Å². The van der Waals surface area contributed by atoms with E-state index < -0.39 is 0 Å². The smallest absolute Gasteiger partial charge is 0.261 e. The van der Waals surface area contributed by atoms with Crippen molar-refractivity contribution in [1.29, 1.82) is 0 Å². The third kappa shape index (κ3) is 4.39. The molecule has 0 amide bonds. The predicted molar refractivity (Wildman–Crippen MR) is 87.6 cm³/mol. The molecular formula is C17H25N3O. The van der Waals surface area contributed by atoms with Crippen LogP contribution >= 0.6 is 0 Å². The number of aromatic nitrogens is 2. The van der Waals surface area contributed by atoms with Gasteiger partial charge in [0, 0.05) is 12.6 Å². The molecule has 1 heterocycles. The predicted octanol–water partition coefficient (Wildman–Crippen LogP) is 2.95. The molecule has 114 valence electrons. The van der Waals surface area contributed by atoms with Gasteiger partial charge in [0.1, 0.15) is 0 Å². The minimum atomic E-state index is 0.0674. The Kier molecular flexibility index (Phi) is 5.93. The summed E-state index contributed by atoms with van der Waals surface area (Å²) in [6.07, 6.45) is 6.12. The average Bonchev–Trinajstić information content (AvgIpc) is 2.51. The van der Waals surface area contributed by atoms with Crippen molar-refractivity contribution in [1.82, 2.24) is 14.9 Å². The topological polar surface area (TPSA) is 46.9 Å². The van der Waals surface area contributed by atoms with Crippen LogP contribution in [0.15, 0.2) is 35.4 Å². The first-order valence-corrected chi connectivity index (χ1v) is 7.90. The summed E-state index contributed by atoms with van der Waals surface area (Å²) in [7, 11) is 0. The monoisotopic (exact) mass is 287 g/mol. The van der Waals surface area contributed by atoms with E-state index in [1.54, 1.807) is 10.9 Å². The summed E-state index contributed by atoms with van der Waals surface area (Å²) in [5, 5.41) is 4.19. The second kappa shape index (κ2) is 7.93. The van der Waals surface area contributed by atoms with Crippen LogP contribution in [0.3, 0.4) is 0 Å². The molecule has 1 aromatic carbocycles. The van der Waals surface area contributed by atoms with Gasteiger partial charge in [-0.3, -0.25) is 9.36 Å². The van der Waals surface area contributed by atoms with E-state index in [4.69, 9.17) is 0 Å². The summed E-state index contributed by atoms with van der Waals surface area (Å²) in [5.74, 6) is 0. The molecular weight excluding hydrogens is 262 g/mol. The van der Waals surface area contributed by atoms with Crippen molar-refractivity contribution in [3.05, 3.63) is 40.9 Å². The van der Waals surface area contributed by atoms with Crippen LogP contribution in [-0.2, 0) is 6.54 Å². The van der Waals surface area contributed by atoms with Gasteiger partial charge in [0.25, 0.3) is 5.56 Å². The number of aryl methyl sites for hydroxylation is 1. The summed E-state index contributed by atoms with van der Waals surface area (Å²) in [4.78, 5) is 16.7. The molecule has 0 aliphatic carbocycles. The molecule has 0 radical (unpaired) electrons. The number of benzene rings is 1. The lowest BCUT2D eigenvalue weighted by Crippen LogP contribution is -2.26. The second-order valence-corrected chi connectivity index (χ2v) is 5.61. The Morgan fingerprint density at radius 1 is 1.29 bits per heavy atom. The Morgan fingerprint density at radius 2 is 2.10 bits per heavy atom. The quantitative estimate of drug-likeness (QED) is 0.759. The van der Waals surface area contributed by atoms with Crippen molar-refractivity contribution >= 4 is 10.9 Å². The number of hydrogen-bond donors (Lipinski definition) is 1. The van der Waals surface area contributed by atoms with Gasteiger partial charge in [0.2, 0.25) is 0 Å². The Morgan fingerprint density at radius 3 is 2.90 bits per heavy atom. The summed E-state index contributed by atoms with van der Waals surface area (Å²) >= 11 is 0. The van der Waals surface area contributed by atoms with E-state index in [0.29, 0.717) is 11.4 Å². The highest BCUT2D eigenvalue weighted by atomic mass is 16.1. The fourth-order valence-corrected chi connectivity index (χ4v) is 2.49. The Hall–Kier alpha value is -1.68. The molecule has 21 heavy (non-hydrogen) atoms. The number of nitrogens with zero attached hydrogens (tertiary/aromatic N) is 2. The van der Waals surface area contributed by atoms with Crippen molar-refractivity contribution in [2.75, 3.05) is 6.54 Å². The van der Waals surface area contributed by atoms with Gasteiger partial charge >= 0.3 is 0 Å². The van der Waals surface area contributed by atoms with E-state index in [2.05, 4.69) is 24.1 Å². The molecule has 0 saturated carbocycles. The van der Waals surface area contributed by atoms with Crippen LogP contribution in [0.4, 0.5) is 0 Å². The van der Waals surface area contributed by atoms with Crippen LogP contribution in [0.5, 0.6) is 0 Å². The molecule has 0 aliphatic heterocycles. The zero-order valence-corrected chi connectivity index (χ0v) is 13.0. The van der Waals surface area contributed by atoms with Crippen LogP contribution < -0.4 is 10.9 Å². The third-order valence-electron chi connectivity index (χ3n) is 3.76. The highest BCUT2D eigenvalue weighted by Gasteiger charge is 2.04. The third-order valence-corrected chi connectivity index (χ3v) is 3.76. The van der Waals surface area contributed by atoms with Gasteiger partial charge < -0.3 is 5.32 Å². The van der Waals surface area contributed by atoms with Gasteiger partial charge in [-0.2, -0.15) is 0 Å². The lowest BCUT2D eigenvalue weighted by molar-refractivity contribution is 0.473. The van der Waals surface area contributed by atoms with Crippen molar-refractivity contribution in [3.8, 4) is 0 Å². The van der Waals surface area contributed by atoms with E-state index >= 15 is 0 Å². The average molecular weight is 287 g/mol. The summed E-state index contributed by atoms with van der Waals surface area (Å²) in [6, 6.07) is 8.07. The molecule has 1 aromatic heterocycles. The van der Waals surface area contributed by atoms with Crippen LogP contribution in [0.25, 0.3) is 10.9 Å². The van der Waals surface area contributed by atoms with E-state index in [0.717, 1.165) is 37.9 Å². The van der Waals surface area contributed by atoms with Crippen LogP contribution in [0.1, 0.15) is 39.5 Å². The van der Waals surface area contributed by atoms with Crippen molar-refractivity contribution < 1.29 is 0 Å². The van der Waals surface area contributed by atoms with E-state index in [1.807, 2.05) is 24.3 Å².